The minimum atomic E-state index is -0.455. The van der Waals surface area contributed by atoms with Crippen molar-refractivity contribution in [1.29, 1.82) is 0 Å². The van der Waals surface area contributed by atoms with Crippen LogP contribution in [0, 0.1) is 0 Å². The van der Waals surface area contributed by atoms with E-state index in [0.717, 1.165) is 32.4 Å². The monoisotopic (exact) mass is 376 g/mol. The van der Waals surface area contributed by atoms with Crippen molar-refractivity contribution in [3.05, 3.63) is 0 Å². The van der Waals surface area contributed by atoms with Crippen molar-refractivity contribution in [3.8, 4) is 0 Å². The fraction of sp³-hybridized carbons (Fsp3) is 0.889. The molecule has 1 fully saturated rings. The summed E-state index contributed by atoms with van der Waals surface area (Å²) in [6.07, 6.45) is 8.70. The molecule has 6 N–H and O–H groups in total. The molecule has 8 heteroatoms. The van der Waals surface area contributed by atoms with E-state index in [4.69, 9.17) is 31.3 Å². The van der Waals surface area contributed by atoms with Crippen LogP contribution in [0.3, 0.4) is 0 Å². The molecule has 2 atom stereocenters. The lowest BCUT2D eigenvalue weighted by molar-refractivity contribution is -0.0942. The Morgan fingerprint density at radius 2 is 1.96 bits per heavy atom. The molecule has 0 aliphatic carbocycles. The molecule has 8 nitrogen and oxygen atoms in total. The predicted octanol–water partition coefficient (Wildman–Crippen LogP) is 1.08. The van der Waals surface area contributed by atoms with Gasteiger partial charge in [-0.2, -0.15) is 5.10 Å². The molecule has 0 saturated carbocycles. The van der Waals surface area contributed by atoms with E-state index in [9.17, 15) is 0 Å². The van der Waals surface area contributed by atoms with Gasteiger partial charge in [0.25, 0.3) is 0 Å². The van der Waals surface area contributed by atoms with E-state index < -0.39 is 6.10 Å². The highest BCUT2D eigenvalue weighted by molar-refractivity contribution is 6.15. The van der Waals surface area contributed by atoms with Gasteiger partial charge in [-0.05, 0) is 25.7 Å². The number of nitrogens with zero attached hydrogens (tertiary/aromatic N) is 2. The highest BCUT2D eigenvalue weighted by Crippen LogP contribution is 2.12. The number of aliphatic hydroxyl groups excluding tert-OH is 2. The Bertz CT molecular complexity index is 312. The molecule has 0 amide bonds. The van der Waals surface area contributed by atoms with Crippen LogP contribution >= 0.6 is 0 Å². The van der Waals surface area contributed by atoms with Crippen LogP contribution in [0.25, 0.3) is 0 Å². The maximum absolute atomic E-state index is 9.08. The van der Waals surface area contributed by atoms with Crippen LogP contribution in [0.15, 0.2) is 10.1 Å². The minimum Gasteiger partial charge on any atom is -0.394 e. The van der Waals surface area contributed by atoms with Crippen LogP contribution in [-0.2, 0) is 9.47 Å². The highest BCUT2D eigenvalue weighted by Gasteiger charge is 2.22. The number of rotatable bonds is 10. The number of hydrogen-bond donors (Lipinski definition) is 4. The van der Waals surface area contributed by atoms with Gasteiger partial charge in [0.05, 0.1) is 25.5 Å². The maximum Gasteiger partial charge on any atom is 0.106 e. The maximum atomic E-state index is 9.08. The summed E-state index contributed by atoms with van der Waals surface area (Å²) in [5.41, 5.74) is 5.22. The molecule has 0 aromatic heterocycles. The Balaban J connectivity index is 0. The fourth-order valence-corrected chi connectivity index (χ4v) is 1.93. The van der Waals surface area contributed by atoms with Crippen molar-refractivity contribution in [2.45, 2.75) is 64.6 Å². The number of nitrogens with two attached hydrogens (primary N) is 2. The quantitative estimate of drug-likeness (QED) is 0.195. The Morgan fingerprint density at radius 1 is 1.19 bits per heavy atom. The minimum absolute atomic E-state index is 0.0683. The third-order valence-corrected chi connectivity index (χ3v) is 3.35. The fourth-order valence-electron chi connectivity index (χ4n) is 1.93. The lowest BCUT2D eigenvalue weighted by atomic mass is 10.1. The Morgan fingerprint density at radius 3 is 2.46 bits per heavy atom. The van der Waals surface area contributed by atoms with Crippen LogP contribution in [0.4, 0.5) is 0 Å². The van der Waals surface area contributed by atoms with Gasteiger partial charge in [0.15, 0.2) is 0 Å². The van der Waals surface area contributed by atoms with Gasteiger partial charge in [-0.15, -0.1) is 0 Å². The molecule has 0 radical (unpaired) electrons. The first-order valence-electron chi connectivity index (χ1n) is 9.57. The molecule has 0 aromatic rings. The van der Waals surface area contributed by atoms with Crippen molar-refractivity contribution in [2.75, 3.05) is 39.5 Å². The van der Waals surface area contributed by atoms with E-state index in [1.165, 1.54) is 25.5 Å². The third kappa shape index (κ3) is 21.0. The van der Waals surface area contributed by atoms with E-state index in [1.807, 2.05) is 0 Å². The second-order valence-electron chi connectivity index (χ2n) is 5.76. The lowest BCUT2D eigenvalue weighted by Gasteiger charge is -2.25. The van der Waals surface area contributed by atoms with Gasteiger partial charge in [-0.1, -0.05) is 26.7 Å². The first-order valence-corrected chi connectivity index (χ1v) is 9.57. The molecular formula is C18H40N4O4. The van der Waals surface area contributed by atoms with Gasteiger partial charge in [-0.3, -0.25) is 4.99 Å². The van der Waals surface area contributed by atoms with E-state index in [0.29, 0.717) is 19.8 Å². The van der Waals surface area contributed by atoms with Crippen LogP contribution in [0.1, 0.15) is 52.4 Å². The molecule has 0 spiro atoms. The summed E-state index contributed by atoms with van der Waals surface area (Å²) in [6.45, 7) is 7.94. The zero-order valence-corrected chi connectivity index (χ0v) is 16.6. The number of ether oxygens (including phenoxy) is 2. The van der Waals surface area contributed by atoms with E-state index in [-0.39, 0.29) is 12.7 Å². The topological polar surface area (TPSA) is 136 Å². The second-order valence-corrected chi connectivity index (χ2v) is 5.76. The van der Waals surface area contributed by atoms with E-state index in [1.54, 1.807) is 6.21 Å². The largest absolute Gasteiger partial charge is 0.394 e. The summed E-state index contributed by atoms with van der Waals surface area (Å²) in [6, 6.07) is 0. The molecule has 2 unspecified atom stereocenters. The average Bonchev–Trinajstić information content (AvgIpc) is 2.67. The molecule has 1 saturated heterocycles. The van der Waals surface area contributed by atoms with Crippen LogP contribution < -0.4 is 11.6 Å². The number of aliphatic hydroxyl groups is 2. The molecule has 26 heavy (non-hydrogen) atoms. The molecule has 156 valence electrons. The van der Waals surface area contributed by atoms with Gasteiger partial charge >= 0.3 is 0 Å². The Labute approximate surface area is 158 Å². The summed E-state index contributed by atoms with van der Waals surface area (Å²) in [5.74, 6) is 4.79. The van der Waals surface area contributed by atoms with Gasteiger partial charge in [0, 0.05) is 32.5 Å². The SMILES string of the molecule is CCCCCOCCN.CCCN=C/C=N\N.OCC1OCCCC1O. The van der Waals surface area contributed by atoms with Crippen molar-refractivity contribution >= 4 is 12.4 Å². The number of aliphatic imine (C=N–C) groups is 1. The zero-order chi connectivity index (χ0) is 19.9. The molecular weight excluding hydrogens is 336 g/mol. The second kappa shape index (κ2) is 23.9. The van der Waals surface area contributed by atoms with E-state index >= 15 is 0 Å². The van der Waals surface area contributed by atoms with Crippen molar-refractivity contribution in [3.63, 3.8) is 0 Å². The van der Waals surface area contributed by atoms with Crippen LogP contribution in [0.5, 0.6) is 0 Å². The van der Waals surface area contributed by atoms with Gasteiger partial charge in [-0.25, -0.2) is 0 Å². The molecule has 1 rings (SSSR count). The number of unbranched alkanes of at least 4 members (excludes halogenated alkanes) is 2. The predicted molar refractivity (Wildman–Crippen MR) is 108 cm³/mol. The van der Waals surface area contributed by atoms with Gasteiger partial charge < -0.3 is 31.3 Å². The Kier molecular flexibility index (Phi) is 25.0. The summed E-state index contributed by atoms with van der Waals surface area (Å²) in [4.78, 5) is 3.93. The molecule has 0 aromatic carbocycles. The normalized spacial score (nSPS) is 19.7. The first kappa shape index (κ1) is 27.2. The van der Waals surface area contributed by atoms with Crippen molar-refractivity contribution < 1.29 is 19.7 Å². The highest BCUT2D eigenvalue weighted by atomic mass is 16.5. The lowest BCUT2D eigenvalue weighted by Crippen LogP contribution is -2.36. The van der Waals surface area contributed by atoms with Crippen molar-refractivity contribution in [1.82, 2.24) is 0 Å². The molecule has 1 heterocycles. The van der Waals surface area contributed by atoms with Gasteiger partial charge in [0.1, 0.15) is 6.10 Å². The Hall–Kier alpha value is -1.06. The summed E-state index contributed by atoms with van der Waals surface area (Å²) < 4.78 is 10.2. The van der Waals surface area contributed by atoms with Crippen LogP contribution in [0.2, 0.25) is 0 Å². The average molecular weight is 377 g/mol. The zero-order valence-electron chi connectivity index (χ0n) is 16.6. The number of hydrazone groups is 1. The number of hydrogen-bond acceptors (Lipinski definition) is 8. The van der Waals surface area contributed by atoms with Crippen molar-refractivity contribution in [2.24, 2.45) is 21.7 Å². The third-order valence-electron chi connectivity index (χ3n) is 3.35. The smallest absolute Gasteiger partial charge is 0.106 e. The molecule has 1 aliphatic heterocycles. The van der Waals surface area contributed by atoms with Crippen LogP contribution in [-0.4, -0.2) is 74.4 Å². The summed E-state index contributed by atoms with van der Waals surface area (Å²) in [7, 11) is 0. The standard InChI is InChI=1S/C7H17NO.C6H12O3.C5H11N3/c1-2-3-4-6-9-7-5-8;7-4-6-5(8)2-1-3-9-6;1-2-3-7-4-5-8-6/h2-8H2,1H3;5-8H,1-4H2;4-5H,2-3,6H2,1H3/b;;7-4?,8-5-. The van der Waals surface area contributed by atoms with Gasteiger partial charge in [0.2, 0.25) is 0 Å². The molecule has 1 aliphatic rings. The summed E-state index contributed by atoms with van der Waals surface area (Å²) >= 11 is 0. The van der Waals surface area contributed by atoms with E-state index in [2.05, 4.69) is 23.9 Å². The first-order chi connectivity index (χ1) is 12.7. The summed E-state index contributed by atoms with van der Waals surface area (Å²) in [5, 5.41) is 20.9. The molecule has 0 bridgehead atoms.